The molecule has 6 rings (SSSR count). The van der Waals surface area contributed by atoms with Crippen LogP contribution in [0.3, 0.4) is 0 Å². The number of H-pyrrole nitrogens is 1. The van der Waals surface area contributed by atoms with Crippen LogP contribution in [0, 0.1) is 5.82 Å². The fourth-order valence-corrected chi connectivity index (χ4v) is 4.46. The van der Waals surface area contributed by atoms with Crippen molar-refractivity contribution in [2.24, 2.45) is 0 Å². The molecule has 9 heteroatoms. The summed E-state index contributed by atoms with van der Waals surface area (Å²) >= 11 is 0. The lowest BCUT2D eigenvalue weighted by Crippen LogP contribution is -2.48. The summed E-state index contributed by atoms with van der Waals surface area (Å²) in [5, 5.41) is 10.8. The van der Waals surface area contributed by atoms with Crippen LogP contribution in [-0.4, -0.2) is 37.0 Å². The van der Waals surface area contributed by atoms with E-state index in [1.54, 1.807) is 6.20 Å². The molecule has 0 amide bonds. The number of fused-ring (bicyclic) bond motifs is 2. The van der Waals surface area contributed by atoms with E-state index in [1.165, 1.54) is 0 Å². The number of aromatic nitrogens is 4. The minimum atomic E-state index is -2.53. The number of nitrogens with zero attached hydrogens (tertiary/aromatic N) is 4. The third-order valence-electron chi connectivity index (χ3n) is 6.24. The first-order valence-electron chi connectivity index (χ1n) is 10.4. The number of hydrogen-bond donors (Lipinski definition) is 2. The second-order valence-electron chi connectivity index (χ2n) is 8.49. The minimum absolute atomic E-state index is 0.0748. The third-order valence-corrected chi connectivity index (χ3v) is 6.24. The molecule has 0 saturated heterocycles. The van der Waals surface area contributed by atoms with Gasteiger partial charge in [-0.3, -0.25) is 10.00 Å². The van der Waals surface area contributed by atoms with Crippen molar-refractivity contribution in [2.75, 3.05) is 5.32 Å². The number of nitrogens with one attached hydrogen (secondary N) is 2. The lowest BCUT2D eigenvalue weighted by Gasteiger charge is -2.40. The van der Waals surface area contributed by atoms with Crippen molar-refractivity contribution in [1.29, 1.82) is 0 Å². The summed E-state index contributed by atoms with van der Waals surface area (Å²) in [5.74, 6) is -2.61. The standard InChI is InChI=1S/C23H19F3N6/c24-19-10-27-21(30-22(19)29-17-3-4-20-15(6-17)9-28-31-20)13-1-2-14-11-32(12-16(14)5-13)18-7-23(25,26)8-18/h1-6,9-10,18H,7-8,11-12H2,(H,28,31)(H,27,29,30). The number of hydrogen-bond acceptors (Lipinski definition) is 5. The molecule has 3 heterocycles. The van der Waals surface area contributed by atoms with E-state index in [0.717, 1.165) is 33.8 Å². The van der Waals surface area contributed by atoms with Crippen molar-refractivity contribution in [3.05, 3.63) is 65.7 Å². The van der Waals surface area contributed by atoms with Gasteiger partial charge in [-0.25, -0.2) is 23.1 Å². The van der Waals surface area contributed by atoms with Crippen molar-refractivity contribution in [3.8, 4) is 11.4 Å². The van der Waals surface area contributed by atoms with Gasteiger partial charge in [0.2, 0.25) is 0 Å². The monoisotopic (exact) mass is 436 g/mol. The molecule has 0 bridgehead atoms. The number of anilines is 2. The Hall–Kier alpha value is -3.46. The van der Waals surface area contributed by atoms with Gasteiger partial charge in [0.25, 0.3) is 5.92 Å². The zero-order chi connectivity index (χ0) is 21.9. The van der Waals surface area contributed by atoms with Crippen LogP contribution in [0.2, 0.25) is 0 Å². The van der Waals surface area contributed by atoms with E-state index in [2.05, 4.69) is 30.4 Å². The fourth-order valence-electron chi connectivity index (χ4n) is 4.46. The molecule has 162 valence electrons. The number of halogens is 3. The Kier molecular flexibility index (Phi) is 4.23. The first-order valence-corrected chi connectivity index (χ1v) is 10.4. The summed E-state index contributed by atoms with van der Waals surface area (Å²) < 4.78 is 40.9. The van der Waals surface area contributed by atoms with Crippen LogP contribution in [0.4, 0.5) is 24.7 Å². The smallest absolute Gasteiger partial charge is 0.251 e. The zero-order valence-corrected chi connectivity index (χ0v) is 16.9. The highest BCUT2D eigenvalue weighted by atomic mass is 19.3. The summed E-state index contributed by atoms with van der Waals surface area (Å²) in [4.78, 5) is 10.7. The molecule has 1 fully saturated rings. The van der Waals surface area contributed by atoms with E-state index in [9.17, 15) is 13.2 Å². The molecule has 0 atom stereocenters. The topological polar surface area (TPSA) is 69.7 Å². The molecule has 32 heavy (non-hydrogen) atoms. The predicted octanol–water partition coefficient (Wildman–Crippen LogP) is 5.02. The maximum atomic E-state index is 14.4. The highest BCUT2D eigenvalue weighted by molar-refractivity contribution is 5.82. The number of rotatable bonds is 4. The number of benzene rings is 2. The summed E-state index contributed by atoms with van der Waals surface area (Å²) in [6.45, 7) is 1.30. The van der Waals surface area contributed by atoms with Crippen molar-refractivity contribution < 1.29 is 13.2 Å². The molecule has 1 aliphatic carbocycles. The molecule has 1 saturated carbocycles. The van der Waals surface area contributed by atoms with Gasteiger partial charge in [0.05, 0.1) is 17.9 Å². The first-order chi connectivity index (χ1) is 15.4. The van der Waals surface area contributed by atoms with Crippen molar-refractivity contribution in [1.82, 2.24) is 25.1 Å². The van der Waals surface area contributed by atoms with Crippen molar-refractivity contribution >= 4 is 22.4 Å². The molecule has 2 aromatic carbocycles. The maximum absolute atomic E-state index is 14.4. The number of aromatic amines is 1. The largest absolute Gasteiger partial charge is 0.338 e. The van der Waals surface area contributed by atoms with Crippen LogP contribution in [0.15, 0.2) is 48.8 Å². The van der Waals surface area contributed by atoms with E-state index in [0.29, 0.717) is 24.6 Å². The quantitative estimate of drug-likeness (QED) is 0.470. The fraction of sp³-hybridized carbons (Fsp3) is 0.261. The SMILES string of the molecule is Fc1cnc(-c2ccc3c(c2)CN(C2CC(F)(F)C2)C3)nc1Nc1ccc2[nH]ncc2c1. The van der Waals surface area contributed by atoms with Gasteiger partial charge in [-0.1, -0.05) is 12.1 Å². The van der Waals surface area contributed by atoms with Gasteiger partial charge in [0.1, 0.15) is 0 Å². The molecule has 2 aromatic heterocycles. The second-order valence-corrected chi connectivity index (χ2v) is 8.49. The Morgan fingerprint density at radius 3 is 2.72 bits per heavy atom. The molecular formula is C23H19F3N6. The lowest BCUT2D eigenvalue weighted by molar-refractivity contribution is -0.125. The Morgan fingerprint density at radius 1 is 1.03 bits per heavy atom. The zero-order valence-electron chi connectivity index (χ0n) is 16.9. The molecule has 0 unspecified atom stereocenters. The van der Waals surface area contributed by atoms with Crippen LogP contribution in [0.5, 0.6) is 0 Å². The predicted molar refractivity (Wildman–Crippen MR) is 114 cm³/mol. The van der Waals surface area contributed by atoms with E-state index < -0.39 is 11.7 Å². The van der Waals surface area contributed by atoms with Gasteiger partial charge in [-0.05, 0) is 35.4 Å². The molecule has 1 aliphatic heterocycles. The van der Waals surface area contributed by atoms with Crippen molar-refractivity contribution in [3.63, 3.8) is 0 Å². The number of alkyl halides is 2. The lowest BCUT2D eigenvalue weighted by atomic mass is 9.87. The summed E-state index contributed by atoms with van der Waals surface area (Å²) in [6.07, 6.45) is 2.70. The van der Waals surface area contributed by atoms with Crippen molar-refractivity contribution in [2.45, 2.75) is 37.9 Å². The van der Waals surface area contributed by atoms with Gasteiger partial charge in [0, 0.05) is 48.6 Å². The minimum Gasteiger partial charge on any atom is -0.338 e. The van der Waals surface area contributed by atoms with Gasteiger partial charge >= 0.3 is 0 Å². The van der Waals surface area contributed by atoms with Gasteiger partial charge in [0.15, 0.2) is 17.5 Å². The average Bonchev–Trinajstić information content (AvgIpc) is 3.39. The van der Waals surface area contributed by atoms with E-state index in [1.807, 2.05) is 36.4 Å². The summed E-state index contributed by atoms with van der Waals surface area (Å²) in [6, 6.07) is 11.3. The Labute approximate surface area is 181 Å². The molecule has 2 aliphatic rings. The molecule has 6 nitrogen and oxygen atoms in total. The summed E-state index contributed by atoms with van der Waals surface area (Å²) in [7, 11) is 0. The van der Waals surface area contributed by atoms with Crippen LogP contribution in [0.25, 0.3) is 22.3 Å². The summed E-state index contributed by atoms with van der Waals surface area (Å²) in [5.41, 5.74) is 4.53. The molecular weight excluding hydrogens is 417 g/mol. The third kappa shape index (κ3) is 3.38. The Bertz CT molecular complexity index is 1330. The molecule has 0 spiro atoms. The average molecular weight is 436 g/mol. The van der Waals surface area contributed by atoms with E-state index in [4.69, 9.17) is 0 Å². The molecule has 2 N–H and O–H groups in total. The first kappa shape index (κ1) is 19.2. The second kappa shape index (κ2) is 7.03. The van der Waals surface area contributed by atoms with Crippen LogP contribution in [-0.2, 0) is 13.1 Å². The molecule has 0 radical (unpaired) electrons. The van der Waals surface area contributed by atoms with Gasteiger partial charge in [-0.2, -0.15) is 5.10 Å². The Morgan fingerprint density at radius 2 is 1.88 bits per heavy atom. The maximum Gasteiger partial charge on any atom is 0.251 e. The van der Waals surface area contributed by atoms with Crippen LogP contribution in [0.1, 0.15) is 24.0 Å². The van der Waals surface area contributed by atoms with Gasteiger partial charge < -0.3 is 5.32 Å². The Balaban J connectivity index is 1.24. The normalized spacial score (nSPS) is 18.0. The highest BCUT2D eigenvalue weighted by Gasteiger charge is 2.48. The van der Waals surface area contributed by atoms with Gasteiger partial charge in [-0.15, -0.1) is 0 Å². The van der Waals surface area contributed by atoms with Crippen LogP contribution < -0.4 is 5.32 Å². The van der Waals surface area contributed by atoms with Crippen LogP contribution >= 0.6 is 0 Å². The van der Waals surface area contributed by atoms with E-state index in [-0.39, 0.29) is 24.7 Å². The van der Waals surface area contributed by atoms with E-state index >= 15 is 0 Å². The molecule has 4 aromatic rings. The highest BCUT2D eigenvalue weighted by Crippen LogP contribution is 2.43.